The van der Waals surface area contributed by atoms with Gasteiger partial charge in [-0.15, -0.1) is 11.8 Å². The standard InChI is InChI=1S/C17H25NO2S/c1-13(2)9-11-21-16-7-5-4-6-15(16)17(20)18-12-14(3)8-10-19/h4-7,9,14,19H,8,10-12H2,1-3H3,(H,18,20). The maximum absolute atomic E-state index is 12.3. The fourth-order valence-electron chi connectivity index (χ4n) is 1.76. The Morgan fingerprint density at radius 3 is 2.76 bits per heavy atom. The van der Waals surface area contributed by atoms with Crippen LogP contribution >= 0.6 is 11.8 Å². The average Bonchev–Trinajstić information content (AvgIpc) is 2.45. The van der Waals surface area contributed by atoms with Crippen molar-refractivity contribution in [3.05, 3.63) is 41.5 Å². The number of hydrogen-bond acceptors (Lipinski definition) is 3. The number of aliphatic hydroxyl groups is 1. The van der Waals surface area contributed by atoms with E-state index in [2.05, 4.69) is 25.2 Å². The summed E-state index contributed by atoms with van der Waals surface area (Å²) in [5.41, 5.74) is 2.00. The molecular weight excluding hydrogens is 282 g/mol. The van der Waals surface area contributed by atoms with Crippen LogP contribution in [0.25, 0.3) is 0 Å². The number of amides is 1. The van der Waals surface area contributed by atoms with Crippen LogP contribution in [-0.4, -0.2) is 29.9 Å². The van der Waals surface area contributed by atoms with E-state index in [1.807, 2.05) is 31.2 Å². The molecule has 2 N–H and O–H groups in total. The Hall–Kier alpha value is -1.26. The lowest BCUT2D eigenvalue weighted by atomic mass is 10.1. The first kappa shape index (κ1) is 17.8. The fourth-order valence-corrected chi connectivity index (χ4v) is 2.85. The van der Waals surface area contributed by atoms with Gasteiger partial charge in [-0.1, -0.05) is 30.7 Å². The van der Waals surface area contributed by atoms with E-state index < -0.39 is 0 Å². The molecule has 0 saturated carbocycles. The maximum Gasteiger partial charge on any atom is 0.252 e. The first-order chi connectivity index (χ1) is 10.0. The molecule has 0 saturated heterocycles. The van der Waals surface area contributed by atoms with Crippen LogP contribution in [0, 0.1) is 5.92 Å². The molecule has 21 heavy (non-hydrogen) atoms. The van der Waals surface area contributed by atoms with Crippen LogP contribution in [0.5, 0.6) is 0 Å². The first-order valence-corrected chi connectivity index (χ1v) is 8.27. The zero-order chi connectivity index (χ0) is 15.7. The summed E-state index contributed by atoms with van der Waals surface area (Å²) >= 11 is 1.67. The van der Waals surface area contributed by atoms with Gasteiger partial charge in [-0.05, 0) is 38.3 Å². The van der Waals surface area contributed by atoms with Crippen molar-refractivity contribution in [2.24, 2.45) is 5.92 Å². The third-order valence-electron chi connectivity index (χ3n) is 3.10. The molecule has 0 aromatic heterocycles. The Kier molecular flexibility index (Phi) is 8.16. The van der Waals surface area contributed by atoms with Gasteiger partial charge < -0.3 is 10.4 Å². The topological polar surface area (TPSA) is 49.3 Å². The number of allylic oxidation sites excluding steroid dienone is 1. The molecule has 0 spiro atoms. The van der Waals surface area contributed by atoms with Gasteiger partial charge in [0.05, 0.1) is 5.56 Å². The van der Waals surface area contributed by atoms with Gasteiger partial charge in [0.15, 0.2) is 0 Å². The number of rotatable bonds is 8. The zero-order valence-corrected chi connectivity index (χ0v) is 13.9. The van der Waals surface area contributed by atoms with E-state index in [-0.39, 0.29) is 18.4 Å². The minimum Gasteiger partial charge on any atom is -0.396 e. The highest BCUT2D eigenvalue weighted by molar-refractivity contribution is 7.99. The summed E-state index contributed by atoms with van der Waals surface area (Å²) in [5, 5.41) is 11.8. The molecule has 1 rings (SSSR count). The highest BCUT2D eigenvalue weighted by Gasteiger charge is 2.11. The van der Waals surface area contributed by atoms with Crippen LogP contribution in [0.3, 0.4) is 0 Å². The van der Waals surface area contributed by atoms with Gasteiger partial charge >= 0.3 is 0 Å². The predicted octanol–water partition coefficient (Wildman–Crippen LogP) is 3.49. The van der Waals surface area contributed by atoms with Gasteiger partial charge in [-0.2, -0.15) is 0 Å². The molecule has 1 aromatic rings. The molecule has 1 aromatic carbocycles. The van der Waals surface area contributed by atoms with E-state index >= 15 is 0 Å². The Morgan fingerprint density at radius 1 is 1.38 bits per heavy atom. The van der Waals surface area contributed by atoms with Crippen LogP contribution in [-0.2, 0) is 0 Å². The Morgan fingerprint density at radius 2 is 2.10 bits per heavy atom. The van der Waals surface area contributed by atoms with Crippen molar-refractivity contribution in [3.63, 3.8) is 0 Å². The van der Waals surface area contributed by atoms with Crippen molar-refractivity contribution in [1.29, 1.82) is 0 Å². The maximum atomic E-state index is 12.3. The summed E-state index contributed by atoms with van der Waals surface area (Å²) in [6, 6.07) is 7.68. The molecule has 3 nitrogen and oxygen atoms in total. The molecule has 0 aliphatic heterocycles. The smallest absolute Gasteiger partial charge is 0.252 e. The van der Waals surface area contributed by atoms with E-state index in [1.165, 1.54) is 5.57 Å². The van der Waals surface area contributed by atoms with E-state index in [0.717, 1.165) is 16.2 Å². The summed E-state index contributed by atoms with van der Waals surface area (Å²) < 4.78 is 0. The van der Waals surface area contributed by atoms with Gasteiger partial charge in [0, 0.05) is 23.8 Å². The van der Waals surface area contributed by atoms with Crippen molar-refractivity contribution in [3.8, 4) is 0 Å². The number of nitrogens with one attached hydrogen (secondary N) is 1. The third kappa shape index (κ3) is 6.82. The Bertz CT molecular complexity index is 481. The fraction of sp³-hybridized carbons (Fsp3) is 0.471. The second kappa shape index (κ2) is 9.64. The molecule has 0 radical (unpaired) electrons. The van der Waals surface area contributed by atoms with Gasteiger partial charge in [-0.25, -0.2) is 0 Å². The van der Waals surface area contributed by atoms with Gasteiger partial charge in [0.1, 0.15) is 0 Å². The number of carbonyl (C=O) groups excluding carboxylic acids is 1. The number of aliphatic hydroxyl groups excluding tert-OH is 1. The molecule has 0 aliphatic carbocycles. The van der Waals surface area contributed by atoms with Crippen molar-refractivity contribution in [1.82, 2.24) is 5.32 Å². The van der Waals surface area contributed by atoms with Crippen LogP contribution in [0.4, 0.5) is 0 Å². The summed E-state index contributed by atoms with van der Waals surface area (Å²) in [5.74, 6) is 1.11. The normalized spacial score (nSPS) is 11.8. The van der Waals surface area contributed by atoms with Crippen molar-refractivity contribution in [2.45, 2.75) is 32.1 Å². The van der Waals surface area contributed by atoms with E-state index in [1.54, 1.807) is 11.8 Å². The third-order valence-corrected chi connectivity index (χ3v) is 4.10. The van der Waals surface area contributed by atoms with Crippen LogP contribution in [0.15, 0.2) is 40.8 Å². The van der Waals surface area contributed by atoms with E-state index in [0.29, 0.717) is 13.0 Å². The average molecular weight is 307 g/mol. The summed E-state index contributed by atoms with van der Waals surface area (Å²) in [7, 11) is 0. The monoisotopic (exact) mass is 307 g/mol. The Balaban J connectivity index is 2.64. The lowest BCUT2D eigenvalue weighted by molar-refractivity contribution is 0.0942. The van der Waals surface area contributed by atoms with E-state index in [4.69, 9.17) is 5.11 Å². The molecule has 4 heteroatoms. The minimum atomic E-state index is -0.0416. The Labute approximate surface area is 131 Å². The second-order valence-electron chi connectivity index (χ2n) is 5.42. The number of benzene rings is 1. The predicted molar refractivity (Wildman–Crippen MR) is 89.8 cm³/mol. The van der Waals surface area contributed by atoms with Gasteiger partial charge in [0.2, 0.25) is 0 Å². The quantitative estimate of drug-likeness (QED) is 0.571. The first-order valence-electron chi connectivity index (χ1n) is 7.28. The summed E-state index contributed by atoms with van der Waals surface area (Å²) in [6.45, 7) is 6.91. The lowest BCUT2D eigenvalue weighted by Crippen LogP contribution is -2.29. The number of hydrogen-bond donors (Lipinski definition) is 2. The highest BCUT2D eigenvalue weighted by Crippen LogP contribution is 2.23. The van der Waals surface area contributed by atoms with Gasteiger partial charge in [0.25, 0.3) is 5.91 Å². The molecule has 0 fully saturated rings. The van der Waals surface area contributed by atoms with Crippen molar-refractivity contribution in [2.75, 3.05) is 18.9 Å². The molecule has 1 amide bonds. The molecular formula is C17H25NO2S. The summed E-state index contributed by atoms with van der Waals surface area (Å²) in [4.78, 5) is 13.3. The zero-order valence-electron chi connectivity index (χ0n) is 13.1. The molecule has 1 atom stereocenters. The molecule has 0 aliphatic rings. The second-order valence-corrected chi connectivity index (χ2v) is 6.48. The SMILES string of the molecule is CC(C)=CCSc1ccccc1C(=O)NCC(C)CCO. The highest BCUT2D eigenvalue weighted by atomic mass is 32.2. The van der Waals surface area contributed by atoms with Gasteiger partial charge in [-0.3, -0.25) is 4.79 Å². The summed E-state index contributed by atoms with van der Waals surface area (Å²) in [6.07, 6.45) is 2.86. The van der Waals surface area contributed by atoms with Crippen LogP contribution in [0.1, 0.15) is 37.6 Å². The largest absolute Gasteiger partial charge is 0.396 e. The van der Waals surface area contributed by atoms with Crippen LogP contribution < -0.4 is 5.32 Å². The minimum absolute atomic E-state index is 0.0416. The molecule has 0 bridgehead atoms. The molecule has 1 unspecified atom stereocenters. The van der Waals surface area contributed by atoms with Crippen molar-refractivity contribution < 1.29 is 9.90 Å². The van der Waals surface area contributed by atoms with E-state index in [9.17, 15) is 4.79 Å². The number of thioether (sulfide) groups is 1. The number of carbonyl (C=O) groups is 1. The lowest BCUT2D eigenvalue weighted by Gasteiger charge is -2.13. The van der Waals surface area contributed by atoms with Crippen molar-refractivity contribution >= 4 is 17.7 Å². The molecule has 116 valence electrons. The van der Waals surface area contributed by atoms with Crippen LogP contribution in [0.2, 0.25) is 0 Å². The molecule has 0 heterocycles.